The molecule has 31 heavy (non-hydrogen) atoms. The van der Waals surface area contributed by atoms with Crippen LogP contribution in [0.1, 0.15) is 49.8 Å². The average Bonchev–Trinajstić information content (AvgIpc) is 3.27. The molecule has 1 aromatic carbocycles. The Morgan fingerprint density at radius 2 is 1.94 bits per heavy atom. The lowest BCUT2D eigenvalue weighted by Gasteiger charge is -2.35. The van der Waals surface area contributed by atoms with E-state index in [0.717, 1.165) is 16.9 Å². The van der Waals surface area contributed by atoms with E-state index in [4.69, 9.17) is 9.15 Å². The van der Waals surface area contributed by atoms with Crippen LogP contribution in [0.4, 0.5) is 5.69 Å². The molecule has 2 aliphatic rings. The summed E-state index contributed by atoms with van der Waals surface area (Å²) in [7, 11) is 4.01. The number of ketones is 1. The molecule has 6 nitrogen and oxygen atoms in total. The highest BCUT2D eigenvalue weighted by Crippen LogP contribution is 2.45. The highest BCUT2D eigenvalue weighted by Gasteiger charge is 2.42. The van der Waals surface area contributed by atoms with Crippen LogP contribution in [0, 0.1) is 0 Å². The third-order valence-corrected chi connectivity index (χ3v) is 6.03. The molecule has 0 bridgehead atoms. The van der Waals surface area contributed by atoms with Crippen LogP contribution < -0.4 is 10.2 Å². The summed E-state index contributed by atoms with van der Waals surface area (Å²) in [4.78, 5) is 28.2. The fraction of sp³-hybridized carbons (Fsp3) is 0.360. The predicted octanol–water partition coefficient (Wildman–Crippen LogP) is 4.27. The van der Waals surface area contributed by atoms with Crippen LogP contribution in [0.2, 0.25) is 0 Å². The normalized spacial score (nSPS) is 21.0. The van der Waals surface area contributed by atoms with E-state index < -0.39 is 11.9 Å². The van der Waals surface area contributed by atoms with Crippen molar-refractivity contribution >= 4 is 17.4 Å². The first kappa shape index (κ1) is 21.0. The molecule has 0 fully saturated rings. The van der Waals surface area contributed by atoms with Crippen molar-refractivity contribution in [3.05, 3.63) is 76.5 Å². The predicted molar refractivity (Wildman–Crippen MR) is 119 cm³/mol. The van der Waals surface area contributed by atoms with Gasteiger partial charge in [0, 0.05) is 43.2 Å². The second kappa shape index (κ2) is 8.46. The summed E-state index contributed by atoms with van der Waals surface area (Å²) in [5, 5.41) is 3.35. The highest BCUT2D eigenvalue weighted by atomic mass is 16.5. The number of benzene rings is 1. The Kier molecular flexibility index (Phi) is 5.72. The number of nitrogens with zero attached hydrogens (tertiary/aromatic N) is 1. The van der Waals surface area contributed by atoms with Crippen LogP contribution in [0.3, 0.4) is 0 Å². The summed E-state index contributed by atoms with van der Waals surface area (Å²) in [6, 6.07) is 11.9. The van der Waals surface area contributed by atoms with E-state index in [1.54, 1.807) is 19.3 Å². The van der Waals surface area contributed by atoms with Crippen molar-refractivity contribution in [3.8, 4) is 0 Å². The summed E-state index contributed by atoms with van der Waals surface area (Å²) >= 11 is 0. The zero-order chi connectivity index (χ0) is 22.1. The van der Waals surface area contributed by atoms with Gasteiger partial charge in [-0.15, -0.1) is 0 Å². The first-order valence-electron chi connectivity index (χ1n) is 10.6. The van der Waals surface area contributed by atoms with E-state index in [1.165, 1.54) is 0 Å². The largest absolute Gasteiger partial charge is 0.468 e. The minimum absolute atomic E-state index is 0.0335. The number of allylic oxidation sites excluding steroid dienone is 3. The second-order valence-electron chi connectivity index (χ2n) is 8.24. The number of Topliss-reactive ketones (excluding diaryl/α,β-unsaturated/α-hetero) is 1. The van der Waals surface area contributed by atoms with Crippen molar-refractivity contribution in [2.24, 2.45) is 0 Å². The van der Waals surface area contributed by atoms with E-state index in [-0.39, 0.29) is 18.3 Å². The van der Waals surface area contributed by atoms with Crippen molar-refractivity contribution in [2.75, 3.05) is 25.6 Å². The molecule has 2 atom stereocenters. The number of carbonyl (C=O) groups excluding carboxylic acids is 2. The molecule has 6 heteroatoms. The van der Waals surface area contributed by atoms with Crippen LogP contribution >= 0.6 is 0 Å². The Hall–Kier alpha value is -3.28. The number of dihydropyridines is 1. The van der Waals surface area contributed by atoms with Gasteiger partial charge in [-0.3, -0.25) is 4.79 Å². The van der Waals surface area contributed by atoms with Crippen molar-refractivity contribution < 1.29 is 18.7 Å². The number of anilines is 1. The molecule has 0 radical (unpaired) electrons. The van der Waals surface area contributed by atoms with E-state index >= 15 is 0 Å². The molecule has 1 aromatic heterocycles. The maximum absolute atomic E-state index is 13.4. The molecule has 0 amide bonds. The first-order valence-corrected chi connectivity index (χ1v) is 10.6. The zero-order valence-electron chi connectivity index (χ0n) is 18.4. The van der Waals surface area contributed by atoms with Crippen molar-refractivity contribution in [1.82, 2.24) is 5.32 Å². The number of hydrogen-bond acceptors (Lipinski definition) is 6. The number of rotatable bonds is 5. The van der Waals surface area contributed by atoms with Gasteiger partial charge in [-0.1, -0.05) is 12.1 Å². The number of nitrogens with one attached hydrogen (secondary N) is 1. The van der Waals surface area contributed by atoms with Crippen LogP contribution in [0.15, 0.2) is 69.6 Å². The molecular formula is C25H28N2O4. The molecule has 0 saturated heterocycles. The van der Waals surface area contributed by atoms with Crippen LogP contribution in [-0.4, -0.2) is 32.5 Å². The average molecular weight is 421 g/mol. The van der Waals surface area contributed by atoms with Gasteiger partial charge < -0.3 is 19.4 Å². The fourth-order valence-electron chi connectivity index (χ4n) is 4.54. The van der Waals surface area contributed by atoms with Crippen molar-refractivity contribution in [3.63, 3.8) is 0 Å². The van der Waals surface area contributed by atoms with E-state index in [9.17, 15) is 9.59 Å². The number of furan rings is 1. The minimum atomic E-state index is -0.546. The smallest absolute Gasteiger partial charge is 0.336 e. The van der Waals surface area contributed by atoms with Gasteiger partial charge in [0.05, 0.1) is 24.4 Å². The molecule has 1 aliphatic carbocycles. The van der Waals surface area contributed by atoms with E-state index in [0.29, 0.717) is 35.4 Å². The second-order valence-corrected chi connectivity index (χ2v) is 8.24. The molecule has 162 valence electrons. The third-order valence-electron chi connectivity index (χ3n) is 6.03. The fourth-order valence-corrected chi connectivity index (χ4v) is 4.54. The van der Waals surface area contributed by atoms with Crippen molar-refractivity contribution in [2.45, 2.75) is 38.5 Å². The van der Waals surface area contributed by atoms with Crippen LogP contribution in [0.25, 0.3) is 0 Å². The lowest BCUT2D eigenvalue weighted by atomic mass is 9.73. The van der Waals surface area contributed by atoms with Crippen molar-refractivity contribution in [1.29, 1.82) is 0 Å². The summed E-state index contributed by atoms with van der Waals surface area (Å²) in [5.41, 5.74) is 4.89. The lowest BCUT2D eigenvalue weighted by molar-refractivity contribution is -0.138. The topological polar surface area (TPSA) is 71.8 Å². The quantitative estimate of drug-likeness (QED) is 0.729. The number of ether oxygens (including phenoxy) is 1. The number of carbonyl (C=O) groups is 2. The van der Waals surface area contributed by atoms with Gasteiger partial charge in [0.2, 0.25) is 0 Å². The number of esters is 1. The molecule has 2 heterocycles. The summed E-state index contributed by atoms with van der Waals surface area (Å²) < 4.78 is 11.0. The molecular weight excluding hydrogens is 392 g/mol. The minimum Gasteiger partial charge on any atom is -0.468 e. The molecule has 0 saturated carbocycles. The first-order chi connectivity index (χ1) is 14.9. The van der Waals surface area contributed by atoms with Gasteiger partial charge in [0.25, 0.3) is 0 Å². The standard InChI is InChI=1S/C25H28N2O4/c1-5-30-25(29)22-15(2)26-19-13-17(16-8-10-18(11-9-16)27(3)4)14-20(28)23(19)24(22)21-7-6-12-31-21/h6-12,17,24,26H,5,13-14H2,1-4H3/t17-,24-/m1/s1. The Labute approximate surface area is 182 Å². The summed E-state index contributed by atoms with van der Waals surface area (Å²) in [6.07, 6.45) is 2.67. The van der Waals surface area contributed by atoms with Crippen LogP contribution in [0.5, 0.6) is 0 Å². The molecule has 4 rings (SSSR count). The van der Waals surface area contributed by atoms with Gasteiger partial charge in [0.1, 0.15) is 5.76 Å². The maximum Gasteiger partial charge on any atom is 0.336 e. The van der Waals surface area contributed by atoms with Gasteiger partial charge in [0.15, 0.2) is 5.78 Å². The Morgan fingerprint density at radius 3 is 2.55 bits per heavy atom. The Bertz CT molecular complexity index is 1050. The van der Waals surface area contributed by atoms with Gasteiger partial charge in [-0.2, -0.15) is 0 Å². The highest BCUT2D eigenvalue weighted by molar-refractivity contribution is 6.04. The lowest BCUT2D eigenvalue weighted by Crippen LogP contribution is -2.36. The van der Waals surface area contributed by atoms with E-state index in [2.05, 4.69) is 34.5 Å². The van der Waals surface area contributed by atoms with Gasteiger partial charge >= 0.3 is 5.97 Å². The molecule has 1 aliphatic heterocycles. The summed E-state index contributed by atoms with van der Waals surface area (Å²) in [6.45, 7) is 3.89. The Balaban J connectivity index is 1.71. The number of hydrogen-bond donors (Lipinski definition) is 1. The van der Waals surface area contributed by atoms with E-state index in [1.807, 2.05) is 27.1 Å². The van der Waals surface area contributed by atoms with Gasteiger partial charge in [-0.25, -0.2) is 4.79 Å². The van der Waals surface area contributed by atoms with Crippen LogP contribution in [-0.2, 0) is 14.3 Å². The molecule has 2 aromatic rings. The Morgan fingerprint density at radius 1 is 1.19 bits per heavy atom. The third kappa shape index (κ3) is 3.90. The molecule has 1 N–H and O–H groups in total. The monoisotopic (exact) mass is 420 g/mol. The van der Waals surface area contributed by atoms with Gasteiger partial charge in [-0.05, 0) is 56.0 Å². The zero-order valence-corrected chi connectivity index (χ0v) is 18.4. The molecule has 0 spiro atoms. The molecule has 0 unspecified atom stereocenters. The summed E-state index contributed by atoms with van der Waals surface area (Å²) in [5.74, 6) is -0.265. The maximum atomic E-state index is 13.4. The SMILES string of the molecule is CCOC(=O)C1=C(C)NC2=C(C(=O)C[C@H](c3ccc(N(C)C)cc3)C2)[C@@H]1c1ccco1.